The van der Waals surface area contributed by atoms with Gasteiger partial charge in [0, 0.05) is 6.20 Å². The topological polar surface area (TPSA) is 59.4 Å². The largest absolute Gasteiger partial charge is 0.478 e. The summed E-state index contributed by atoms with van der Waals surface area (Å²) in [5, 5.41) is 8.73. The predicted molar refractivity (Wildman–Crippen MR) is 62.7 cm³/mol. The van der Waals surface area contributed by atoms with Crippen LogP contribution in [0.2, 0.25) is 0 Å². The molecule has 1 N–H and O–H groups in total. The number of ether oxygens (including phenoxy) is 1. The molecule has 0 fully saturated rings. The smallest absolute Gasteiger partial charge is 0.416 e. The number of hydrogen-bond donors (Lipinski definition) is 1. The molecule has 1 heterocycles. The van der Waals surface area contributed by atoms with Crippen LogP contribution in [0.4, 0.5) is 17.6 Å². The van der Waals surface area contributed by atoms with Crippen molar-refractivity contribution in [2.75, 3.05) is 0 Å². The Labute approximate surface area is 115 Å². The van der Waals surface area contributed by atoms with Gasteiger partial charge in [0.2, 0.25) is 0 Å². The summed E-state index contributed by atoms with van der Waals surface area (Å²) >= 11 is 0. The van der Waals surface area contributed by atoms with E-state index < -0.39 is 35.0 Å². The van der Waals surface area contributed by atoms with Crippen LogP contribution in [0.1, 0.15) is 15.9 Å². The van der Waals surface area contributed by atoms with Crippen LogP contribution in [0, 0.1) is 5.82 Å². The lowest BCUT2D eigenvalue weighted by atomic mass is 10.2. The van der Waals surface area contributed by atoms with Crippen molar-refractivity contribution >= 4 is 5.97 Å². The van der Waals surface area contributed by atoms with Crippen LogP contribution in [0.25, 0.3) is 0 Å². The fraction of sp³-hybridized carbons (Fsp3) is 0.0769. The van der Waals surface area contributed by atoms with Crippen LogP contribution in [0.15, 0.2) is 36.5 Å². The van der Waals surface area contributed by atoms with Gasteiger partial charge < -0.3 is 9.84 Å². The van der Waals surface area contributed by atoms with Crippen LogP contribution in [0.3, 0.4) is 0 Å². The third-order valence-electron chi connectivity index (χ3n) is 2.46. The fourth-order valence-corrected chi connectivity index (χ4v) is 1.51. The molecule has 0 spiro atoms. The molecule has 0 radical (unpaired) electrons. The zero-order chi connectivity index (χ0) is 15.6. The average Bonchev–Trinajstić information content (AvgIpc) is 2.40. The van der Waals surface area contributed by atoms with Crippen LogP contribution >= 0.6 is 0 Å². The molecule has 1 aromatic heterocycles. The van der Waals surface area contributed by atoms with E-state index in [0.29, 0.717) is 6.07 Å². The number of carboxylic acids is 1. The Morgan fingerprint density at radius 1 is 1.24 bits per heavy atom. The van der Waals surface area contributed by atoms with E-state index in [4.69, 9.17) is 9.84 Å². The summed E-state index contributed by atoms with van der Waals surface area (Å²) in [5.74, 6) is -3.82. The Morgan fingerprint density at radius 3 is 2.57 bits per heavy atom. The zero-order valence-corrected chi connectivity index (χ0v) is 10.2. The van der Waals surface area contributed by atoms with Crippen molar-refractivity contribution in [2.45, 2.75) is 6.18 Å². The number of halogens is 4. The maximum Gasteiger partial charge on any atom is 0.416 e. The molecule has 21 heavy (non-hydrogen) atoms. The fourth-order valence-electron chi connectivity index (χ4n) is 1.51. The molecule has 0 saturated carbocycles. The second kappa shape index (κ2) is 5.39. The quantitative estimate of drug-likeness (QED) is 0.878. The number of aromatic nitrogens is 1. The number of carboxylic acid groups (broad SMARTS) is 1. The van der Waals surface area contributed by atoms with Crippen molar-refractivity contribution in [1.82, 2.24) is 4.98 Å². The Balaban J connectivity index is 2.35. The summed E-state index contributed by atoms with van der Waals surface area (Å²) in [7, 11) is 0. The molecule has 0 unspecified atom stereocenters. The number of aromatic carboxylic acids is 1. The van der Waals surface area contributed by atoms with E-state index in [1.165, 1.54) is 6.07 Å². The SMILES string of the molecule is O=C(O)c1ccnc(Oc2cccc(C(F)(F)F)c2)c1F. The minimum Gasteiger partial charge on any atom is -0.478 e. The summed E-state index contributed by atoms with van der Waals surface area (Å²) in [5.41, 5.74) is -1.67. The number of nitrogens with zero attached hydrogens (tertiary/aromatic N) is 1. The van der Waals surface area contributed by atoms with E-state index in [1.54, 1.807) is 0 Å². The van der Waals surface area contributed by atoms with Gasteiger partial charge in [-0.2, -0.15) is 13.2 Å². The molecule has 4 nitrogen and oxygen atoms in total. The molecule has 2 aromatic rings. The van der Waals surface area contributed by atoms with Gasteiger partial charge in [-0.25, -0.2) is 14.2 Å². The lowest BCUT2D eigenvalue weighted by Gasteiger charge is -2.10. The van der Waals surface area contributed by atoms with Crippen LogP contribution in [-0.2, 0) is 6.18 Å². The first-order valence-corrected chi connectivity index (χ1v) is 5.52. The number of benzene rings is 1. The zero-order valence-electron chi connectivity index (χ0n) is 10.2. The van der Waals surface area contributed by atoms with E-state index in [9.17, 15) is 22.4 Å². The number of hydrogen-bond acceptors (Lipinski definition) is 3. The Hall–Kier alpha value is -2.64. The van der Waals surface area contributed by atoms with Crippen LogP contribution in [0.5, 0.6) is 11.6 Å². The molecule has 0 aliphatic carbocycles. The molecule has 0 saturated heterocycles. The maximum atomic E-state index is 13.8. The Kier molecular flexibility index (Phi) is 3.79. The molecule has 0 atom stereocenters. The van der Waals surface area contributed by atoms with Crippen molar-refractivity contribution < 1.29 is 32.2 Å². The molecule has 0 amide bonds. The highest BCUT2D eigenvalue weighted by atomic mass is 19.4. The molecule has 0 aliphatic heterocycles. The maximum absolute atomic E-state index is 13.8. The molecular weight excluding hydrogens is 294 g/mol. The van der Waals surface area contributed by atoms with Crippen molar-refractivity contribution in [2.24, 2.45) is 0 Å². The van der Waals surface area contributed by atoms with E-state index in [2.05, 4.69) is 4.98 Å². The first kappa shape index (κ1) is 14.8. The van der Waals surface area contributed by atoms with Crippen LogP contribution in [-0.4, -0.2) is 16.1 Å². The normalized spacial score (nSPS) is 11.2. The van der Waals surface area contributed by atoms with E-state index in [0.717, 1.165) is 24.4 Å². The van der Waals surface area contributed by atoms with Gasteiger partial charge in [-0.1, -0.05) is 6.07 Å². The standard InChI is InChI=1S/C13H7F4NO3/c14-10-9(12(19)20)4-5-18-11(10)21-8-3-1-2-7(6-8)13(15,16)17/h1-6H,(H,19,20). The summed E-state index contributed by atoms with van der Waals surface area (Å²) in [6.45, 7) is 0. The van der Waals surface area contributed by atoms with E-state index >= 15 is 0 Å². The van der Waals surface area contributed by atoms with Gasteiger partial charge in [-0.05, 0) is 24.3 Å². The first-order valence-electron chi connectivity index (χ1n) is 5.52. The average molecular weight is 301 g/mol. The monoisotopic (exact) mass is 301 g/mol. The summed E-state index contributed by atoms with van der Waals surface area (Å²) in [6, 6.07) is 4.65. The molecule has 0 bridgehead atoms. The Morgan fingerprint density at radius 2 is 1.95 bits per heavy atom. The number of rotatable bonds is 3. The molecular formula is C13H7F4NO3. The highest BCUT2D eigenvalue weighted by Crippen LogP contribution is 2.33. The van der Waals surface area contributed by atoms with E-state index in [1.807, 2.05) is 0 Å². The number of carbonyl (C=O) groups is 1. The second-order valence-electron chi connectivity index (χ2n) is 3.91. The Bertz CT molecular complexity index is 685. The lowest BCUT2D eigenvalue weighted by Crippen LogP contribution is -2.06. The van der Waals surface area contributed by atoms with Gasteiger partial charge in [0.1, 0.15) is 11.3 Å². The summed E-state index contributed by atoms with van der Waals surface area (Å²) < 4.78 is 56.2. The van der Waals surface area contributed by atoms with E-state index in [-0.39, 0.29) is 5.75 Å². The van der Waals surface area contributed by atoms with Gasteiger partial charge >= 0.3 is 12.1 Å². The highest BCUT2D eigenvalue weighted by molar-refractivity contribution is 5.88. The van der Waals surface area contributed by atoms with Gasteiger partial charge in [0.25, 0.3) is 5.88 Å². The molecule has 1 aromatic carbocycles. The van der Waals surface area contributed by atoms with Crippen molar-refractivity contribution in [3.63, 3.8) is 0 Å². The third-order valence-corrected chi connectivity index (χ3v) is 2.46. The molecule has 110 valence electrons. The van der Waals surface area contributed by atoms with Crippen molar-refractivity contribution in [3.05, 3.63) is 53.5 Å². The number of alkyl halides is 3. The summed E-state index contributed by atoms with van der Waals surface area (Å²) in [6.07, 6.45) is -3.59. The van der Waals surface area contributed by atoms with Gasteiger partial charge in [-0.15, -0.1) is 0 Å². The molecule has 2 rings (SSSR count). The minimum absolute atomic E-state index is 0.307. The second-order valence-corrected chi connectivity index (χ2v) is 3.91. The highest BCUT2D eigenvalue weighted by Gasteiger charge is 2.30. The first-order chi connectivity index (χ1) is 9.79. The van der Waals surface area contributed by atoms with Gasteiger partial charge in [0.05, 0.1) is 5.56 Å². The summed E-state index contributed by atoms with van der Waals surface area (Å²) in [4.78, 5) is 14.2. The number of pyridine rings is 1. The minimum atomic E-state index is -4.58. The molecule has 8 heteroatoms. The third kappa shape index (κ3) is 3.28. The van der Waals surface area contributed by atoms with Crippen molar-refractivity contribution in [1.29, 1.82) is 0 Å². The van der Waals surface area contributed by atoms with Crippen LogP contribution < -0.4 is 4.74 Å². The molecule has 0 aliphatic rings. The van der Waals surface area contributed by atoms with Gasteiger partial charge in [-0.3, -0.25) is 0 Å². The predicted octanol–water partition coefficient (Wildman–Crippen LogP) is 3.73. The van der Waals surface area contributed by atoms with Crippen molar-refractivity contribution in [3.8, 4) is 11.6 Å². The lowest BCUT2D eigenvalue weighted by molar-refractivity contribution is -0.137. The van der Waals surface area contributed by atoms with Gasteiger partial charge in [0.15, 0.2) is 5.82 Å².